The van der Waals surface area contributed by atoms with Gasteiger partial charge in [-0.2, -0.15) is 4.98 Å². The van der Waals surface area contributed by atoms with Gasteiger partial charge in [0.15, 0.2) is 5.65 Å². The Morgan fingerprint density at radius 3 is 2.84 bits per heavy atom. The van der Waals surface area contributed by atoms with Crippen molar-refractivity contribution in [3.05, 3.63) is 59.1 Å². The third kappa shape index (κ3) is 3.63. The summed E-state index contributed by atoms with van der Waals surface area (Å²) in [5.74, 6) is 1.09. The summed E-state index contributed by atoms with van der Waals surface area (Å²) < 4.78 is 8.05. The molecule has 9 heteroatoms. The van der Waals surface area contributed by atoms with Crippen LogP contribution in [0, 0.1) is 5.92 Å². The minimum absolute atomic E-state index is 0.0915. The van der Waals surface area contributed by atoms with Gasteiger partial charge in [-0.25, -0.2) is 13.9 Å². The molecule has 1 aromatic carbocycles. The minimum Gasteiger partial charge on any atom is -0.341 e. The van der Waals surface area contributed by atoms with Crippen molar-refractivity contribution in [1.82, 2.24) is 29.2 Å². The summed E-state index contributed by atoms with van der Waals surface area (Å²) in [6.45, 7) is 3.49. The van der Waals surface area contributed by atoms with E-state index in [0.29, 0.717) is 23.0 Å². The number of nitrogens with zero attached hydrogens (tertiary/aromatic N) is 6. The number of aromatic nitrogens is 5. The predicted octanol–water partition coefficient (Wildman–Crippen LogP) is 2.47. The van der Waals surface area contributed by atoms with Gasteiger partial charge >= 0.3 is 5.69 Å². The van der Waals surface area contributed by atoms with Crippen LogP contribution < -0.4 is 5.69 Å². The quantitative estimate of drug-likeness (QED) is 0.505. The number of likely N-dealkylation sites (tertiary alicyclic amines) is 1. The fourth-order valence-corrected chi connectivity index (χ4v) is 3.99. The van der Waals surface area contributed by atoms with E-state index >= 15 is 0 Å². The Kier molecular flexibility index (Phi) is 4.85. The lowest BCUT2D eigenvalue weighted by Crippen LogP contribution is -2.42. The molecule has 3 aromatic heterocycles. The maximum absolute atomic E-state index is 12.8. The lowest BCUT2D eigenvalue weighted by molar-refractivity contribution is -0.133. The summed E-state index contributed by atoms with van der Waals surface area (Å²) in [6, 6.07) is 13.0. The first-order valence-corrected chi connectivity index (χ1v) is 10.4. The maximum Gasteiger partial charge on any atom is 0.350 e. The molecule has 9 nitrogen and oxygen atoms in total. The minimum atomic E-state index is -0.377. The van der Waals surface area contributed by atoms with E-state index in [0.717, 1.165) is 31.5 Å². The number of benzene rings is 1. The van der Waals surface area contributed by atoms with Crippen molar-refractivity contribution in [2.24, 2.45) is 5.92 Å². The summed E-state index contributed by atoms with van der Waals surface area (Å²) >= 11 is 0. The molecule has 1 fully saturated rings. The number of hydrogen-bond donors (Lipinski definition) is 0. The summed E-state index contributed by atoms with van der Waals surface area (Å²) in [5.41, 5.74) is 1.36. The van der Waals surface area contributed by atoms with Crippen LogP contribution in [0.5, 0.6) is 0 Å². The maximum atomic E-state index is 12.8. The molecule has 5 rings (SSSR count). The fourth-order valence-electron chi connectivity index (χ4n) is 3.99. The highest BCUT2D eigenvalue weighted by molar-refractivity contribution is 5.76. The van der Waals surface area contributed by atoms with E-state index in [1.807, 2.05) is 35.2 Å². The Bertz CT molecular complexity index is 1290. The number of carbonyl (C=O) groups excluding carboxylic acids is 1. The Labute approximate surface area is 177 Å². The molecule has 158 valence electrons. The van der Waals surface area contributed by atoms with E-state index in [1.165, 1.54) is 9.08 Å². The van der Waals surface area contributed by atoms with Crippen molar-refractivity contribution in [3.8, 4) is 22.8 Å². The standard InChI is InChI=1S/C22H22N6O3/c1-15-7-5-11-26(13-15)18(29)14-28-22(30)27-12-6-10-17(20(27)24-28)21-23-19(25-31-21)16-8-3-2-4-9-16/h2-4,6,8-10,12,15H,5,7,11,13-14H2,1H3/t15-/m1/s1. The first-order chi connectivity index (χ1) is 15.1. The highest BCUT2D eigenvalue weighted by atomic mass is 16.5. The molecule has 0 N–H and O–H groups in total. The highest BCUT2D eigenvalue weighted by Crippen LogP contribution is 2.24. The Morgan fingerprint density at radius 1 is 1.19 bits per heavy atom. The molecule has 1 aliphatic heterocycles. The van der Waals surface area contributed by atoms with Crippen molar-refractivity contribution in [2.45, 2.75) is 26.3 Å². The molecule has 31 heavy (non-hydrogen) atoms. The summed E-state index contributed by atoms with van der Waals surface area (Å²) in [4.78, 5) is 31.9. The molecule has 0 saturated carbocycles. The molecular weight excluding hydrogens is 396 g/mol. The Balaban J connectivity index is 1.47. The third-order valence-corrected chi connectivity index (χ3v) is 5.59. The number of pyridine rings is 1. The van der Waals surface area contributed by atoms with Gasteiger partial charge in [0.2, 0.25) is 11.7 Å². The van der Waals surface area contributed by atoms with Gasteiger partial charge in [0, 0.05) is 24.8 Å². The molecule has 4 heterocycles. The van der Waals surface area contributed by atoms with E-state index in [4.69, 9.17) is 4.52 Å². The van der Waals surface area contributed by atoms with Crippen molar-refractivity contribution >= 4 is 11.6 Å². The fraction of sp³-hybridized carbons (Fsp3) is 0.318. The van der Waals surface area contributed by atoms with Gasteiger partial charge in [-0.1, -0.05) is 42.4 Å². The summed E-state index contributed by atoms with van der Waals surface area (Å²) in [5, 5.41) is 8.46. The van der Waals surface area contributed by atoms with Gasteiger partial charge in [-0.15, -0.1) is 5.10 Å². The van der Waals surface area contributed by atoms with E-state index < -0.39 is 0 Å². The van der Waals surface area contributed by atoms with Crippen LogP contribution in [0.3, 0.4) is 0 Å². The van der Waals surface area contributed by atoms with Crippen LogP contribution in [0.2, 0.25) is 0 Å². The SMILES string of the molecule is C[C@@H]1CCCN(C(=O)Cn2nc3c(-c4nc(-c5ccccc5)no4)cccn3c2=O)C1. The second-order valence-electron chi connectivity index (χ2n) is 7.93. The lowest BCUT2D eigenvalue weighted by Gasteiger charge is -2.30. The average molecular weight is 418 g/mol. The molecule has 0 aliphatic carbocycles. The van der Waals surface area contributed by atoms with Gasteiger partial charge in [-0.3, -0.25) is 4.79 Å². The first-order valence-electron chi connectivity index (χ1n) is 10.4. The second kappa shape index (κ2) is 7.82. The van der Waals surface area contributed by atoms with Crippen LogP contribution >= 0.6 is 0 Å². The largest absolute Gasteiger partial charge is 0.350 e. The van der Waals surface area contributed by atoms with Gasteiger partial charge in [0.05, 0.1) is 5.56 Å². The molecule has 0 radical (unpaired) electrons. The lowest BCUT2D eigenvalue weighted by atomic mass is 10.0. The van der Waals surface area contributed by atoms with Crippen molar-refractivity contribution in [3.63, 3.8) is 0 Å². The number of rotatable bonds is 4. The van der Waals surface area contributed by atoms with E-state index in [9.17, 15) is 9.59 Å². The second-order valence-corrected chi connectivity index (χ2v) is 7.93. The van der Waals surface area contributed by atoms with Gasteiger partial charge in [0.1, 0.15) is 6.54 Å². The molecule has 1 amide bonds. The number of amides is 1. The van der Waals surface area contributed by atoms with Gasteiger partial charge < -0.3 is 9.42 Å². The van der Waals surface area contributed by atoms with Crippen molar-refractivity contribution in [2.75, 3.05) is 13.1 Å². The van der Waals surface area contributed by atoms with Crippen molar-refractivity contribution in [1.29, 1.82) is 0 Å². The normalized spacial score (nSPS) is 16.7. The highest BCUT2D eigenvalue weighted by Gasteiger charge is 2.23. The first kappa shape index (κ1) is 19.2. The van der Waals surface area contributed by atoms with E-state index in [1.54, 1.807) is 18.3 Å². The molecule has 1 aliphatic rings. The number of piperidine rings is 1. The number of hydrogen-bond acceptors (Lipinski definition) is 6. The molecule has 1 atom stereocenters. The number of carbonyl (C=O) groups is 1. The molecule has 1 saturated heterocycles. The Hall–Kier alpha value is -3.75. The summed E-state index contributed by atoms with van der Waals surface area (Å²) in [6.07, 6.45) is 3.72. The smallest absolute Gasteiger partial charge is 0.341 e. The zero-order valence-corrected chi connectivity index (χ0v) is 17.1. The Morgan fingerprint density at radius 2 is 2.03 bits per heavy atom. The van der Waals surface area contributed by atoms with Crippen LogP contribution in [-0.4, -0.2) is 48.2 Å². The van der Waals surface area contributed by atoms with Crippen LogP contribution in [0.25, 0.3) is 28.5 Å². The number of fused-ring (bicyclic) bond motifs is 1. The summed E-state index contributed by atoms with van der Waals surface area (Å²) in [7, 11) is 0. The molecule has 4 aromatic rings. The molecular formula is C22H22N6O3. The van der Waals surface area contributed by atoms with Crippen LogP contribution in [0.15, 0.2) is 58.0 Å². The van der Waals surface area contributed by atoms with Crippen LogP contribution in [0.1, 0.15) is 19.8 Å². The topological polar surface area (TPSA) is 98.5 Å². The van der Waals surface area contributed by atoms with E-state index in [2.05, 4.69) is 22.2 Å². The molecule has 0 spiro atoms. The van der Waals surface area contributed by atoms with Gasteiger partial charge in [0.25, 0.3) is 5.89 Å². The van der Waals surface area contributed by atoms with Crippen LogP contribution in [0.4, 0.5) is 0 Å². The molecule has 0 bridgehead atoms. The molecule has 0 unspecified atom stereocenters. The monoisotopic (exact) mass is 418 g/mol. The average Bonchev–Trinajstić information content (AvgIpc) is 3.40. The third-order valence-electron chi connectivity index (χ3n) is 5.59. The van der Waals surface area contributed by atoms with Crippen LogP contribution in [-0.2, 0) is 11.3 Å². The van der Waals surface area contributed by atoms with Crippen molar-refractivity contribution < 1.29 is 9.32 Å². The zero-order valence-electron chi connectivity index (χ0n) is 17.1. The predicted molar refractivity (Wildman–Crippen MR) is 113 cm³/mol. The van der Waals surface area contributed by atoms with Gasteiger partial charge in [-0.05, 0) is 30.9 Å². The van der Waals surface area contributed by atoms with E-state index in [-0.39, 0.29) is 24.0 Å². The zero-order chi connectivity index (χ0) is 21.4.